The highest BCUT2D eigenvalue weighted by molar-refractivity contribution is 7.12. The largest absolute Gasteiger partial charge is 0.360 e. The first-order valence-corrected chi connectivity index (χ1v) is 6.62. The van der Waals surface area contributed by atoms with Gasteiger partial charge >= 0.3 is 0 Å². The number of Topliss-reactive ketones (excluding diaryl/α,β-unsaturated/α-hetero) is 1. The maximum absolute atomic E-state index is 12.4. The van der Waals surface area contributed by atoms with Crippen molar-refractivity contribution in [1.82, 2.24) is 9.97 Å². The van der Waals surface area contributed by atoms with E-state index in [1.807, 2.05) is 24.3 Å². The van der Waals surface area contributed by atoms with Gasteiger partial charge in [0.15, 0.2) is 10.8 Å². The lowest BCUT2D eigenvalue weighted by Gasteiger charge is -1.94. The molecule has 0 aliphatic carbocycles. The topological polar surface area (TPSA) is 62.8 Å². The third-order valence-corrected chi connectivity index (χ3v) is 3.73. The van der Waals surface area contributed by atoms with Crippen LogP contribution in [0, 0.1) is 0 Å². The van der Waals surface area contributed by atoms with Crippen molar-refractivity contribution in [2.45, 2.75) is 6.92 Å². The second-order valence-corrected chi connectivity index (χ2v) is 5.03. The number of H-pyrrole nitrogens is 1. The van der Waals surface area contributed by atoms with Crippen LogP contribution < -0.4 is 0 Å². The lowest BCUT2D eigenvalue weighted by molar-refractivity contribution is 0.101. The third kappa shape index (κ3) is 1.98. The Morgan fingerprint density at radius 3 is 2.79 bits per heavy atom. The molecule has 0 unspecified atom stereocenters. The summed E-state index contributed by atoms with van der Waals surface area (Å²) in [6.45, 7) is 1.44. The van der Waals surface area contributed by atoms with Crippen LogP contribution in [0.4, 0.5) is 0 Å². The molecule has 0 spiro atoms. The smallest absolute Gasteiger partial charge is 0.223 e. The maximum atomic E-state index is 12.4. The van der Waals surface area contributed by atoms with E-state index < -0.39 is 0 Å². The zero-order chi connectivity index (χ0) is 13.4. The first-order valence-electron chi connectivity index (χ1n) is 5.74. The molecule has 2 aromatic heterocycles. The van der Waals surface area contributed by atoms with Gasteiger partial charge in [-0.15, -0.1) is 11.3 Å². The quantitative estimate of drug-likeness (QED) is 0.744. The Morgan fingerprint density at radius 1 is 1.26 bits per heavy atom. The highest BCUT2D eigenvalue weighted by Gasteiger charge is 2.18. The fourth-order valence-electron chi connectivity index (χ4n) is 1.91. The first-order chi connectivity index (χ1) is 9.16. The van der Waals surface area contributed by atoms with Crippen molar-refractivity contribution < 1.29 is 9.59 Å². The zero-order valence-electron chi connectivity index (χ0n) is 10.1. The summed E-state index contributed by atoms with van der Waals surface area (Å²) in [5.74, 6) is -0.288. The third-order valence-electron chi connectivity index (χ3n) is 2.89. The fourth-order valence-corrected chi connectivity index (χ4v) is 2.72. The molecular weight excluding hydrogens is 260 g/mol. The van der Waals surface area contributed by atoms with Gasteiger partial charge in [0.1, 0.15) is 5.69 Å². The average molecular weight is 270 g/mol. The van der Waals surface area contributed by atoms with Crippen molar-refractivity contribution in [2.75, 3.05) is 0 Å². The normalized spacial score (nSPS) is 10.8. The number of para-hydroxylation sites is 1. The number of aromatic amines is 1. The minimum Gasteiger partial charge on any atom is -0.360 e. The van der Waals surface area contributed by atoms with Crippen LogP contribution in [0.15, 0.2) is 35.8 Å². The van der Waals surface area contributed by atoms with Gasteiger partial charge in [0, 0.05) is 29.4 Å². The molecule has 0 aliphatic rings. The number of aromatic nitrogens is 2. The van der Waals surface area contributed by atoms with Crippen molar-refractivity contribution in [2.24, 2.45) is 0 Å². The Hall–Kier alpha value is -2.27. The van der Waals surface area contributed by atoms with Crippen LogP contribution in [0.2, 0.25) is 0 Å². The van der Waals surface area contributed by atoms with Crippen LogP contribution in [0.1, 0.15) is 32.8 Å². The number of carbonyl (C=O) groups excluding carboxylic acids is 2. The molecule has 94 valence electrons. The molecule has 0 saturated carbocycles. The predicted octanol–water partition coefficient (Wildman–Crippen LogP) is 3.06. The highest BCUT2D eigenvalue weighted by Crippen LogP contribution is 2.22. The van der Waals surface area contributed by atoms with Crippen molar-refractivity contribution in [3.8, 4) is 0 Å². The molecule has 3 rings (SSSR count). The molecule has 3 aromatic rings. The minimum atomic E-state index is -0.157. The number of ketones is 2. The molecule has 19 heavy (non-hydrogen) atoms. The van der Waals surface area contributed by atoms with Gasteiger partial charge in [0.25, 0.3) is 0 Å². The zero-order valence-corrected chi connectivity index (χ0v) is 11.0. The van der Waals surface area contributed by atoms with E-state index in [1.54, 1.807) is 11.6 Å². The number of nitrogens with one attached hydrogen (secondary N) is 1. The number of thiazole rings is 1. The lowest BCUT2D eigenvalue weighted by Crippen LogP contribution is -2.01. The summed E-state index contributed by atoms with van der Waals surface area (Å²) in [6.07, 6.45) is 1.68. The molecule has 0 aliphatic heterocycles. The van der Waals surface area contributed by atoms with Crippen LogP contribution in [0.5, 0.6) is 0 Å². The van der Waals surface area contributed by atoms with E-state index in [-0.39, 0.29) is 11.6 Å². The first kappa shape index (κ1) is 11.8. The second kappa shape index (κ2) is 4.44. The van der Waals surface area contributed by atoms with Crippen LogP contribution in [-0.2, 0) is 0 Å². The van der Waals surface area contributed by atoms with E-state index in [1.165, 1.54) is 18.3 Å². The van der Waals surface area contributed by atoms with Crippen molar-refractivity contribution in [3.05, 3.63) is 52.1 Å². The molecule has 0 atom stereocenters. The van der Waals surface area contributed by atoms with Gasteiger partial charge in [-0.25, -0.2) is 4.98 Å². The number of hydrogen-bond acceptors (Lipinski definition) is 4. The van der Waals surface area contributed by atoms with Gasteiger partial charge in [0.05, 0.1) is 5.56 Å². The lowest BCUT2D eigenvalue weighted by atomic mass is 10.1. The molecule has 0 amide bonds. The molecule has 1 N–H and O–H groups in total. The summed E-state index contributed by atoms with van der Waals surface area (Å²) >= 11 is 1.20. The highest BCUT2D eigenvalue weighted by atomic mass is 32.1. The maximum Gasteiger partial charge on any atom is 0.223 e. The predicted molar refractivity (Wildman–Crippen MR) is 73.8 cm³/mol. The van der Waals surface area contributed by atoms with Gasteiger partial charge in [0.2, 0.25) is 5.78 Å². The summed E-state index contributed by atoms with van der Waals surface area (Å²) in [6, 6.07) is 7.59. The van der Waals surface area contributed by atoms with E-state index in [4.69, 9.17) is 0 Å². The Balaban J connectivity index is 2.05. The molecule has 0 fully saturated rings. The molecule has 0 radical (unpaired) electrons. The summed E-state index contributed by atoms with van der Waals surface area (Å²) < 4.78 is 0. The molecule has 5 heteroatoms. The van der Waals surface area contributed by atoms with E-state index >= 15 is 0 Å². The van der Waals surface area contributed by atoms with E-state index in [0.717, 1.165) is 10.9 Å². The van der Waals surface area contributed by atoms with E-state index in [9.17, 15) is 9.59 Å². The summed E-state index contributed by atoms with van der Waals surface area (Å²) in [4.78, 5) is 30.7. The van der Waals surface area contributed by atoms with Crippen molar-refractivity contribution >= 4 is 33.8 Å². The van der Waals surface area contributed by atoms with Gasteiger partial charge in [-0.1, -0.05) is 18.2 Å². The monoisotopic (exact) mass is 270 g/mol. The number of benzene rings is 1. The van der Waals surface area contributed by atoms with Crippen molar-refractivity contribution in [1.29, 1.82) is 0 Å². The molecule has 2 heterocycles. The van der Waals surface area contributed by atoms with Crippen LogP contribution in [0.25, 0.3) is 10.9 Å². The van der Waals surface area contributed by atoms with Crippen molar-refractivity contribution in [3.63, 3.8) is 0 Å². The number of nitrogens with zero attached hydrogens (tertiary/aromatic N) is 1. The van der Waals surface area contributed by atoms with Gasteiger partial charge in [-0.2, -0.15) is 0 Å². The van der Waals surface area contributed by atoms with Crippen LogP contribution >= 0.6 is 11.3 Å². The minimum absolute atomic E-state index is 0.130. The summed E-state index contributed by atoms with van der Waals surface area (Å²) in [5, 5.41) is 2.83. The fraction of sp³-hybridized carbons (Fsp3) is 0.0714. The molecule has 4 nitrogen and oxygen atoms in total. The number of fused-ring (bicyclic) bond motifs is 1. The summed E-state index contributed by atoms with van der Waals surface area (Å²) in [7, 11) is 0. The molecule has 0 saturated heterocycles. The standard InChI is InChI=1S/C14H10N2O2S/c1-8(17)12-7-19-14(16-12)13(18)10-6-15-11-5-3-2-4-9(10)11/h2-7,15H,1H3. The van der Waals surface area contributed by atoms with E-state index in [2.05, 4.69) is 9.97 Å². The Kier molecular flexibility index (Phi) is 2.76. The van der Waals surface area contributed by atoms with E-state index in [0.29, 0.717) is 16.3 Å². The van der Waals surface area contributed by atoms with Gasteiger partial charge in [-0.05, 0) is 6.07 Å². The average Bonchev–Trinajstić information content (AvgIpc) is 3.05. The summed E-state index contributed by atoms with van der Waals surface area (Å²) in [5.41, 5.74) is 1.84. The SMILES string of the molecule is CC(=O)c1csc(C(=O)c2c[nH]c3ccccc23)n1. The Bertz CT molecular complexity index is 785. The van der Waals surface area contributed by atoms with Crippen LogP contribution in [-0.4, -0.2) is 21.5 Å². The number of rotatable bonds is 3. The Morgan fingerprint density at radius 2 is 2.05 bits per heavy atom. The van der Waals surface area contributed by atoms with Gasteiger partial charge < -0.3 is 4.98 Å². The molecule has 1 aromatic carbocycles. The molecular formula is C14H10N2O2S. The number of carbonyl (C=O) groups is 2. The van der Waals surface area contributed by atoms with Crippen LogP contribution in [0.3, 0.4) is 0 Å². The van der Waals surface area contributed by atoms with Gasteiger partial charge in [-0.3, -0.25) is 9.59 Å². The number of hydrogen-bond donors (Lipinski definition) is 1. The second-order valence-electron chi connectivity index (χ2n) is 4.17. The Labute approximate surface area is 113 Å². The molecule has 0 bridgehead atoms.